The first-order valence-corrected chi connectivity index (χ1v) is 6.34. The summed E-state index contributed by atoms with van der Waals surface area (Å²) < 4.78 is 0. The van der Waals surface area contributed by atoms with Crippen molar-refractivity contribution >= 4 is 28.9 Å². The van der Waals surface area contributed by atoms with Gasteiger partial charge in [-0.25, -0.2) is 0 Å². The molecule has 7 heteroatoms. The predicted octanol–water partition coefficient (Wildman–Crippen LogP) is 2.50. The topological polar surface area (TPSA) is 95.3 Å². The Labute approximate surface area is 125 Å². The molecule has 0 spiro atoms. The molecule has 0 aliphatic rings. The first-order chi connectivity index (χ1) is 9.97. The first-order valence-electron chi connectivity index (χ1n) is 5.96. The molecule has 0 unspecified atom stereocenters. The third-order valence-electron chi connectivity index (χ3n) is 2.76. The molecule has 0 aromatic heterocycles. The van der Waals surface area contributed by atoms with Gasteiger partial charge < -0.3 is 10.4 Å². The lowest BCUT2D eigenvalue weighted by atomic mass is 10.1. The van der Waals surface area contributed by atoms with Crippen LogP contribution < -0.4 is 10.4 Å². The van der Waals surface area contributed by atoms with Crippen molar-refractivity contribution in [1.82, 2.24) is 0 Å². The molecular formula is C14H10ClN2O4-. The van der Waals surface area contributed by atoms with Gasteiger partial charge in [0.25, 0.3) is 5.69 Å². The molecule has 6 nitrogen and oxygen atoms in total. The second-order valence-electron chi connectivity index (χ2n) is 4.25. The summed E-state index contributed by atoms with van der Waals surface area (Å²) in [4.78, 5) is 21.9. The van der Waals surface area contributed by atoms with E-state index in [1.165, 1.54) is 0 Å². The van der Waals surface area contributed by atoms with E-state index >= 15 is 0 Å². The van der Waals surface area contributed by atoms with Crippen LogP contribution in [0.15, 0.2) is 42.5 Å². The molecule has 21 heavy (non-hydrogen) atoms. The second kappa shape index (κ2) is 6.23. The fraction of sp³-hybridized carbons (Fsp3) is 0.0714. The van der Waals surface area contributed by atoms with Gasteiger partial charge in [-0.1, -0.05) is 41.6 Å². The van der Waals surface area contributed by atoms with E-state index in [0.717, 1.165) is 18.2 Å². The minimum atomic E-state index is -0.636. The molecule has 0 saturated heterocycles. The van der Waals surface area contributed by atoms with Crippen molar-refractivity contribution in [3.8, 4) is 5.75 Å². The largest absolute Gasteiger partial charge is 0.871 e. The molecule has 0 bridgehead atoms. The maximum absolute atomic E-state index is 11.9. The van der Waals surface area contributed by atoms with Crippen molar-refractivity contribution in [1.29, 1.82) is 0 Å². The lowest BCUT2D eigenvalue weighted by molar-refractivity contribution is -0.385. The predicted molar refractivity (Wildman–Crippen MR) is 76.3 cm³/mol. The molecule has 0 fully saturated rings. The summed E-state index contributed by atoms with van der Waals surface area (Å²) in [6, 6.07) is 9.98. The number of nitro benzene ring substituents is 1. The van der Waals surface area contributed by atoms with Crippen LogP contribution in [0.1, 0.15) is 5.56 Å². The lowest BCUT2D eigenvalue weighted by Gasteiger charge is -2.14. The van der Waals surface area contributed by atoms with Crippen molar-refractivity contribution in [2.75, 3.05) is 5.32 Å². The average molecular weight is 306 g/mol. The zero-order chi connectivity index (χ0) is 15.4. The molecule has 0 atom stereocenters. The van der Waals surface area contributed by atoms with Crippen LogP contribution in [0.2, 0.25) is 5.02 Å². The summed E-state index contributed by atoms with van der Waals surface area (Å²) in [6.45, 7) is 0. The Balaban J connectivity index is 2.15. The van der Waals surface area contributed by atoms with Gasteiger partial charge in [-0.3, -0.25) is 14.9 Å². The normalized spacial score (nSPS) is 10.1. The minimum Gasteiger partial charge on any atom is -0.871 e. The maximum atomic E-state index is 11.9. The number of nitrogens with one attached hydrogen (secondary N) is 1. The van der Waals surface area contributed by atoms with Gasteiger partial charge in [0.05, 0.1) is 11.3 Å². The smallest absolute Gasteiger partial charge is 0.271 e. The van der Waals surface area contributed by atoms with Gasteiger partial charge in [-0.15, -0.1) is 0 Å². The van der Waals surface area contributed by atoms with Crippen LogP contribution in [-0.4, -0.2) is 10.8 Å². The number of carbonyl (C=O) groups excluding carboxylic acids is 1. The summed E-state index contributed by atoms with van der Waals surface area (Å²) in [5.41, 5.74) is 0.221. The maximum Gasteiger partial charge on any atom is 0.271 e. The Morgan fingerprint density at radius 1 is 1.24 bits per heavy atom. The number of non-ortho nitro benzene ring substituents is 1. The quantitative estimate of drug-likeness (QED) is 0.693. The molecule has 1 amide bonds. The molecule has 2 aromatic rings. The van der Waals surface area contributed by atoms with E-state index in [1.807, 2.05) is 0 Å². The van der Waals surface area contributed by atoms with Gasteiger partial charge in [-0.2, -0.15) is 0 Å². The number of nitro groups is 1. The highest BCUT2D eigenvalue weighted by Gasteiger charge is 2.11. The number of hydrogen-bond donors (Lipinski definition) is 1. The number of hydrogen-bond acceptors (Lipinski definition) is 4. The number of benzene rings is 2. The Hall–Kier alpha value is -2.60. The van der Waals surface area contributed by atoms with Crippen LogP contribution in [-0.2, 0) is 11.2 Å². The van der Waals surface area contributed by atoms with Gasteiger partial charge in [0.1, 0.15) is 0 Å². The molecule has 0 aliphatic carbocycles. The van der Waals surface area contributed by atoms with Gasteiger partial charge in [0.2, 0.25) is 5.91 Å². The van der Waals surface area contributed by atoms with Crippen LogP contribution in [0.3, 0.4) is 0 Å². The first kappa shape index (κ1) is 14.8. The number of rotatable bonds is 4. The second-order valence-corrected chi connectivity index (χ2v) is 4.66. The summed E-state index contributed by atoms with van der Waals surface area (Å²) in [7, 11) is 0. The SMILES string of the molecule is O=C(Cc1ccccc1Cl)Nc1cc([N+](=O)[O-])ccc1[O-]. The molecule has 0 saturated carbocycles. The summed E-state index contributed by atoms with van der Waals surface area (Å²) in [6.07, 6.45) is -0.0260. The molecule has 0 radical (unpaired) electrons. The van der Waals surface area contributed by atoms with Crippen LogP contribution in [0.4, 0.5) is 11.4 Å². The van der Waals surface area contributed by atoms with Gasteiger partial charge in [0.15, 0.2) is 0 Å². The molecule has 2 aromatic carbocycles. The van der Waals surface area contributed by atoms with Crippen LogP contribution in [0, 0.1) is 10.1 Å². The zero-order valence-corrected chi connectivity index (χ0v) is 11.5. The van der Waals surface area contributed by atoms with E-state index in [4.69, 9.17) is 11.6 Å². The van der Waals surface area contributed by atoms with E-state index in [0.29, 0.717) is 10.6 Å². The summed E-state index contributed by atoms with van der Waals surface area (Å²) in [5, 5.41) is 25.1. The lowest BCUT2D eigenvalue weighted by Crippen LogP contribution is -2.16. The third kappa shape index (κ3) is 3.70. The molecule has 108 valence electrons. The fourth-order valence-corrected chi connectivity index (χ4v) is 1.94. The molecular weight excluding hydrogens is 296 g/mol. The van der Waals surface area contributed by atoms with E-state index in [1.54, 1.807) is 24.3 Å². The van der Waals surface area contributed by atoms with Gasteiger partial charge in [0, 0.05) is 22.8 Å². The van der Waals surface area contributed by atoms with Crippen molar-refractivity contribution in [2.45, 2.75) is 6.42 Å². The number of amides is 1. The average Bonchev–Trinajstić information content (AvgIpc) is 2.43. The Morgan fingerprint density at radius 2 is 1.95 bits per heavy atom. The number of nitrogens with zero attached hydrogens (tertiary/aromatic N) is 1. The Morgan fingerprint density at radius 3 is 2.62 bits per heavy atom. The van der Waals surface area contributed by atoms with E-state index in [9.17, 15) is 20.0 Å². The summed E-state index contributed by atoms with van der Waals surface area (Å²) in [5.74, 6) is -0.964. The third-order valence-corrected chi connectivity index (χ3v) is 3.13. The molecule has 0 aliphatic heterocycles. The Bertz CT molecular complexity index is 703. The monoisotopic (exact) mass is 305 g/mol. The number of carbonyl (C=O) groups is 1. The highest BCUT2D eigenvalue weighted by atomic mass is 35.5. The van der Waals surface area contributed by atoms with E-state index in [2.05, 4.69) is 5.32 Å². The Kier molecular flexibility index (Phi) is 4.39. The van der Waals surface area contributed by atoms with Crippen molar-refractivity contribution < 1.29 is 14.8 Å². The van der Waals surface area contributed by atoms with Crippen LogP contribution in [0.5, 0.6) is 5.75 Å². The fourth-order valence-electron chi connectivity index (χ4n) is 1.74. The van der Waals surface area contributed by atoms with Gasteiger partial charge in [-0.05, 0) is 11.6 Å². The summed E-state index contributed by atoms with van der Waals surface area (Å²) >= 11 is 5.94. The van der Waals surface area contributed by atoms with Crippen molar-refractivity contribution in [3.05, 3.63) is 63.2 Å². The molecule has 2 rings (SSSR count). The van der Waals surface area contributed by atoms with Crippen LogP contribution >= 0.6 is 11.6 Å². The number of anilines is 1. The standard InChI is InChI=1S/C14H11ClN2O4/c15-11-4-2-1-3-9(11)7-14(19)16-12-8-10(17(20)21)5-6-13(12)18/h1-6,8,18H,7H2,(H,16,19)/p-1. The van der Waals surface area contributed by atoms with Gasteiger partial charge >= 0.3 is 0 Å². The van der Waals surface area contributed by atoms with Crippen molar-refractivity contribution in [2.24, 2.45) is 0 Å². The number of halogens is 1. The van der Waals surface area contributed by atoms with E-state index < -0.39 is 16.6 Å². The molecule has 1 N–H and O–H groups in total. The highest BCUT2D eigenvalue weighted by molar-refractivity contribution is 6.31. The van der Waals surface area contributed by atoms with Crippen molar-refractivity contribution in [3.63, 3.8) is 0 Å². The minimum absolute atomic E-state index is 0.0260. The molecule has 0 heterocycles. The van der Waals surface area contributed by atoms with Crippen LogP contribution in [0.25, 0.3) is 0 Å². The highest BCUT2D eigenvalue weighted by Crippen LogP contribution is 2.26. The zero-order valence-electron chi connectivity index (χ0n) is 10.7. The van der Waals surface area contributed by atoms with E-state index in [-0.39, 0.29) is 17.8 Å².